The molecule has 0 aliphatic rings. The minimum Gasteiger partial charge on any atom is -0.359 e. The van der Waals surface area contributed by atoms with Gasteiger partial charge in [0.25, 0.3) is 0 Å². The van der Waals surface area contributed by atoms with Crippen molar-refractivity contribution in [2.75, 3.05) is 0 Å². The van der Waals surface area contributed by atoms with Crippen LogP contribution >= 0.6 is 67.8 Å². The van der Waals surface area contributed by atoms with E-state index in [1.54, 1.807) is 0 Å². The number of hydrogen-bond donors (Lipinski definition) is 3. The molecule has 0 aliphatic heterocycles. The van der Waals surface area contributed by atoms with Crippen molar-refractivity contribution in [2.24, 2.45) is 11.5 Å². The Morgan fingerprint density at radius 3 is 1.77 bits per heavy atom. The van der Waals surface area contributed by atoms with Crippen LogP contribution in [0, 0.1) is 10.7 Å². The molecule has 0 fully saturated rings. The smallest absolute Gasteiger partial charge is 0.196 e. The molecule has 0 amide bonds. The lowest BCUT2D eigenvalue weighted by Crippen LogP contribution is -2.47. The van der Waals surface area contributed by atoms with E-state index in [9.17, 15) is 5.11 Å². The summed E-state index contributed by atoms with van der Waals surface area (Å²) in [5.74, 6) is -1.75. The van der Waals surface area contributed by atoms with Crippen LogP contribution in [0.15, 0.2) is 12.1 Å². The molecule has 0 radical (unpaired) electrons. The van der Waals surface area contributed by atoms with E-state index in [0.717, 1.165) is 10.7 Å². The number of rotatable bonds is 1. The Morgan fingerprint density at radius 1 is 1.08 bits per heavy atom. The topological polar surface area (TPSA) is 72.3 Å². The number of halogens is 3. The highest BCUT2D eigenvalue weighted by Crippen LogP contribution is 2.26. The molecule has 0 aromatic heterocycles. The molecule has 0 aliphatic carbocycles. The summed E-state index contributed by atoms with van der Waals surface area (Å²) >= 11 is 6.42. The largest absolute Gasteiger partial charge is 0.359 e. The molecule has 72 valence electrons. The molecular formula is C7H7I3N2O. The lowest BCUT2D eigenvalue weighted by molar-refractivity contribution is 0.0491. The van der Waals surface area contributed by atoms with Crippen molar-refractivity contribution >= 4 is 67.8 Å². The van der Waals surface area contributed by atoms with Gasteiger partial charge in [0.05, 0.1) is 0 Å². The Bertz CT molecular complexity index is 312. The van der Waals surface area contributed by atoms with Gasteiger partial charge < -0.3 is 5.11 Å². The van der Waals surface area contributed by atoms with Crippen molar-refractivity contribution in [1.82, 2.24) is 0 Å². The molecule has 13 heavy (non-hydrogen) atoms. The van der Waals surface area contributed by atoms with Crippen molar-refractivity contribution in [3.05, 3.63) is 28.4 Å². The second kappa shape index (κ2) is 4.43. The fraction of sp³-hybridized carbons (Fsp3) is 0.143. The molecule has 0 atom stereocenters. The first-order valence-corrected chi connectivity index (χ1v) is 6.51. The monoisotopic (exact) mass is 516 g/mol. The zero-order chi connectivity index (χ0) is 10.2. The molecule has 6 heteroatoms. The standard InChI is InChI=1S/C7H7I3N2O/c8-3-1-4(9)6(5(10)2-3)7(11,12)13/h1-2,13H,11-12H2. The SMILES string of the molecule is NC(N)(O)c1c(I)cc(I)cc1I. The summed E-state index contributed by atoms with van der Waals surface area (Å²) in [4.78, 5) is 0. The van der Waals surface area contributed by atoms with Crippen LogP contribution in [0.3, 0.4) is 0 Å². The van der Waals surface area contributed by atoms with Gasteiger partial charge in [0, 0.05) is 16.3 Å². The fourth-order valence-electron chi connectivity index (χ4n) is 0.925. The molecule has 1 aromatic rings. The van der Waals surface area contributed by atoms with Gasteiger partial charge in [0.15, 0.2) is 5.85 Å². The van der Waals surface area contributed by atoms with E-state index in [1.165, 1.54) is 0 Å². The highest BCUT2D eigenvalue weighted by Gasteiger charge is 2.23. The number of benzene rings is 1. The third-order valence-corrected chi connectivity index (χ3v) is 3.73. The van der Waals surface area contributed by atoms with Gasteiger partial charge >= 0.3 is 0 Å². The van der Waals surface area contributed by atoms with Crippen molar-refractivity contribution < 1.29 is 5.11 Å². The lowest BCUT2D eigenvalue weighted by atomic mass is 10.1. The molecule has 0 heterocycles. The Labute approximate surface area is 117 Å². The van der Waals surface area contributed by atoms with E-state index in [-0.39, 0.29) is 0 Å². The molecule has 0 spiro atoms. The van der Waals surface area contributed by atoms with Crippen LogP contribution in [0.2, 0.25) is 0 Å². The number of nitrogens with two attached hydrogens (primary N) is 2. The maximum Gasteiger partial charge on any atom is 0.196 e. The first-order chi connectivity index (χ1) is 5.82. The van der Waals surface area contributed by atoms with Gasteiger partial charge in [-0.15, -0.1) is 0 Å². The zero-order valence-electron chi connectivity index (χ0n) is 6.39. The van der Waals surface area contributed by atoms with Crippen LogP contribution in [-0.2, 0) is 5.85 Å². The van der Waals surface area contributed by atoms with E-state index in [1.807, 2.05) is 12.1 Å². The van der Waals surface area contributed by atoms with Crippen LogP contribution in [0.5, 0.6) is 0 Å². The molecule has 0 unspecified atom stereocenters. The van der Waals surface area contributed by atoms with Crippen LogP contribution < -0.4 is 11.5 Å². The van der Waals surface area contributed by atoms with Crippen LogP contribution in [0.1, 0.15) is 5.56 Å². The predicted molar refractivity (Wildman–Crippen MR) is 76.9 cm³/mol. The lowest BCUT2D eigenvalue weighted by Gasteiger charge is -2.21. The van der Waals surface area contributed by atoms with E-state index >= 15 is 0 Å². The third-order valence-electron chi connectivity index (χ3n) is 1.41. The highest BCUT2D eigenvalue weighted by molar-refractivity contribution is 14.1. The van der Waals surface area contributed by atoms with Crippen LogP contribution in [0.25, 0.3) is 0 Å². The maximum atomic E-state index is 9.49. The van der Waals surface area contributed by atoms with E-state index in [2.05, 4.69) is 67.8 Å². The first kappa shape index (κ1) is 12.4. The second-order valence-corrected chi connectivity index (χ2v) is 6.14. The summed E-state index contributed by atoms with van der Waals surface area (Å²) in [6.07, 6.45) is 0. The van der Waals surface area contributed by atoms with Crippen molar-refractivity contribution in [1.29, 1.82) is 0 Å². The highest BCUT2D eigenvalue weighted by atomic mass is 127. The Balaban J connectivity index is 3.38. The molecule has 5 N–H and O–H groups in total. The molecule has 0 saturated heterocycles. The average Bonchev–Trinajstić information content (AvgIpc) is 1.78. The van der Waals surface area contributed by atoms with Gasteiger partial charge in [-0.1, -0.05) is 0 Å². The van der Waals surface area contributed by atoms with Crippen molar-refractivity contribution in [3.63, 3.8) is 0 Å². The molecule has 0 bridgehead atoms. The quantitative estimate of drug-likeness (QED) is 0.392. The summed E-state index contributed by atoms with van der Waals surface area (Å²) in [6, 6.07) is 3.84. The summed E-state index contributed by atoms with van der Waals surface area (Å²) in [5, 5.41) is 9.49. The minimum absolute atomic E-state index is 0.578. The molecule has 1 aromatic carbocycles. The van der Waals surface area contributed by atoms with Gasteiger partial charge in [-0.3, -0.25) is 11.5 Å². The van der Waals surface area contributed by atoms with Crippen molar-refractivity contribution in [3.8, 4) is 0 Å². The van der Waals surface area contributed by atoms with Gasteiger partial charge in [-0.25, -0.2) is 0 Å². The average molecular weight is 516 g/mol. The first-order valence-electron chi connectivity index (χ1n) is 3.27. The zero-order valence-corrected chi connectivity index (χ0v) is 12.9. The van der Waals surface area contributed by atoms with Gasteiger partial charge in [0.1, 0.15) is 0 Å². The molecule has 0 saturated carbocycles. The van der Waals surface area contributed by atoms with E-state index in [0.29, 0.717) is 5.56 Å². The second-order valence-electron chi connectivity index (χ2n) is 2.57. The van der Waals surface area contributed by atoms with Gasteiger partial charge in [-0.05, 0) is 79.9 Å². The third kappa shape index (κ3) is 3.12. The summed E-state index contributed by atoms with van der Waals surface area (Å²) in [5.41, 5.74) is 11.4. The Kier molecular flexibility index (Phi) is 4.21. The minimum atomic E-state index is -1.75. The summed E-state index contributed by atoms with van der Waals surface area (Å²) < 4.78 is 2.85. The van der Waals surface area contributed by atoms with Crippen LogP contribution in [0.4, 0.5) is 0 Å². The van der Waals surface area contributed by atoms with Gasteiger partial charge in [-0.2, -0.15) is 0 Å². The van der Waals surface area contributed by atoms with Crippen molar-refractivity contribution in [2.45, 2.75) is 5.85 Å². The van der Waals surface area contributed by atoms with E-state index < -0.39 is 5.85 Å². The van der Waals surface area contributed by atoms with Crippen LogP contribution in [-0.4, -0.2) is 5.11 Å². The van der Waals surface area contributed by atoms with Gasteiger partial charge in [0.2, 0.25) is 0 Å². The Morgan fingerprint density at radius 2 is 1.46 bits per heavy atom. The summed E-state index contributed by atoms with van der Waals surface area (Å²) in [7, 11) is 0. The molecular weight excluding hydrogens is 509 g/mol. The number of aliphatic hydroxyl groups is 1. The summed E-state index contributed by atoms with van der Waals surface area (Å²) in [6.45, 7) is 0. The number of hydrogen-bond acceptors (Lipinski definition) is 3. The normalized spacial score (nSPS) is 11.8. The fourth-order valence-corrected chi connectivity index (χ4v) is 5.37. The Hall–Kier alpha value is 1.29. The van der Waals surface area contributed by atoms with E-state index in [4.69, 9.17) is 11.5 Å². The predicted octanol–water partition coefficient (Wildman–Crippen LogP) is 1.52. The molecule has 3 nitrogen and oxygen atoms in total. The maximum absolute atomic E-state index is 9.49. The molecule has 1 rings (SSSR count).